The number of halogens is 1. The fourth-order valence-electron chi connectivity index (χ4n) is 3.55. The van der Waals surface area contributed by atoms with Gasteiger partial charge in [-0.2, -0.15) is 4.31 Å². The first-order chi connectivity index (χ1) is 15.9. The number of aromatic nitrogens is 1. The van der Waals surface area contributed by atoms with Crippen LogP contribution in [0.15, 0.2) is 58.9 Å². The number of amides is 1. The first-order valence-electron chi connectivity index (χ1n) is 10.2. The van der Waals surface area contributed by atoms with Gasteiger partial charge in [0.1, 0.15) is 15.8 Å². The third-order valence-electron chi connectivity index (χ3n) is 5.32. The van der Waals surface area contributed by atoms with Gasteiger partial charge in [0.15, 0.2) is 0 Å². The molecule has 8 nitrogen and oxygen atoms in total. The average molecular weight is 507 g/mol. The molecule has 0 saturated carbocycles. The van der Waals surface area contributed by atoms with E-state index in [1.54, 1.807) is 31.5 Å². The molecule has 11 heteroatoms. The number of hydrogen-bond acceptors (Lipinski definition) is 7. The lowest BCUT2D eigenvalue weighted by Gasteiger charge is -2.35. The molecule has 0 aliphatic carbocycles. The number of carbonyl (C=O) groups is 1. The summed E-state index contributed by atoms with van der Waals surface area (Å²) in [6.45, 7) is 1.80. The molecule has 1 saturated heterocycles. The predicted molar refractivity (Wildman–Crippen MR) is 129 cm³/mol. The number of hydrogen-bond donors (Lipinski definition) is 1. The Morgan fingerprint density at radius 1 is 1.12 bits per heavy atom. The van der Waals surface area contributed by atoms with Crippen molar-refractivity contribution in [2.24, 2.45) is 0 Å². The van der Waals surface area contributed by atoms with Crippen LogP contribution in [0.3, 0.4) is 0 Å². The van der Waals surface area contributed by atoms with Crippen molar-refractivity contribution in [3.63, 3.8) is 0 Å². The van der Waals surface area contributed by atoms with E-state index < -0.39 is 10.0 Å². The van der Waals surface area contributed by atoms with Gasteiger partial charge >= 0.3 is 0 Å². The molecule has 0 bridgehead atoms. The molecule has 1 aliphatic rings. The number of nitrogens with zero attached hydrogens (tertiary/aromatic N) is 3. The molecule has 1 aromatic carbocycles. The van der Waals surface area contributed by atoms with Crippen molar-refractivity contribution in [2.45, 2.75) is 10.8 Å². The molecule has 0 radical (unpaired) electrons. The second kappa shape index (κ2) is 10.1. The molecular weight excluding hydrogens is 484 g/mol. The van der Waals surface area contributed by atoms with Crippen molar-refractivity contribution in [1.29, 1.82) is 0 Å². The lowest BCUT2D eigenvalue weighted by atomic mass is 10.2. The molecule has 1 fully saturated rings. The van der Waals surface area contributed by atoms with Crippen LogP contribution < -0.4 is 15.0 Å². The van der Waals surface area contributed by atoms with Crippen molar-refractivity contribution in [3.05, 3.63) is 70.2 Å². The molecule has 33 heavy (non-hydrogen) atoms. The van der Waals surface area contributed by atoms with Gasteiger partial charge in [0.2, 0.25) is 0 Å². The number of rotatable bonds is 7. The van der Waals surface area contributed by atoms with Crippen molar-refractivity contribution < 1.29 is 17.9 Å². The van der Waals surface area contributed by atoms with E-state index in [4.69, 9.17) is 16.3 Å². The highest BCUT2D eigenvalue weighted by Crippen LogP contribution is 2.29. The summed E-state index contributed by atoms with van der Waals surface area (Å²) in [6, 6.07) is 14.0. The maximum atomic E-state index is 12.9. The minimum Gasteiger partial charge on any atom is -0.497 e. The Kier molecular flexibility index (Phi) is 7.18. The second-order valence-electron chi connectivity index (χ2n) is 7.35. The largest absolute Gasteiger partial charge is 0.497 e. The monoisotopic (exact) mass is 506 g/mol. The summed E-state index contributed by atoms with van der Waals surface area (Å²) in [7, 11) is -1.98. The molecule has 1 amide bonds. The summed E-state index contributed by atoms with van der Waals surface area (Å²) in [6.07, 6.45) is 1.63. The first kappa shape index (κ1) is 23.5. The number of sulfonamides is 1. The molecule has 1 aliphatic heterocycles. The normalized spacial score (nSPS) is 14.8. The molecule has 4 rings (SSSR count). The number of methoxy groups -OCH3 is 1. The zero-order valence-electron chi connectivity index (χ0n) is 17.9. The number of carbonyl (C=O) groups excluding carboxylic acids is 1. The molecular formula is C22H23ClN4O4S2. The number of anilines is 1. The SMILES string of the molecule is COc1ccc(CNC(=O)c2cccnc2N2CCN(S(=O)(=O)c3ccc(Cl)s3)CC2)cc1. The van der Waals surface area contributed by atoms with Crippen molar-refractivity contribution in [3.8, 4) is 5.75 Å². The van der Waals surface area contributed by atoms with Gasteiger partial charge in [0.05, 0.1) is 17.0 Å². The molecule has 0 unspecified atom stereocenters. The minimum absolute atomic E-state index is 0.234. The fraction of sp³-hybridized carbons (Fsp3) is 0.273. The van der Waals surface area contributed by atoms with Gasteiger partial charge in [-0.15, -0.1) is 11.3 Å². The molecule has 1 N–H and O–H groups in total. The van der Waals surface area contributed by atoms with Gasteiger partial charge in [-0.1, -0.05) is 23.7 Å². The summed E-state index contributed by atoms with van der Waals surface area (Å²) >= 11 is 6.96. The summed E-state index contributed by atoms with van der Waals surface area (Å²) in [5.41, 5.74) is 1.40. The maximum Gasteiger partial charge on any atom is 0.255 e. The van der Waals surface area contributed by atoms with E-state index in [1.165, 1.54) is 10.4 Å². The van der Waals surface area contributed by atoms with Crippen LogP contribution in [0.5, 0.6) is 5.75 Å². The summed E-state index contributed by atoms with van der Waals surface area (Å²) < 4.78 is 33.0. The number of piperazine rings is 1. The lowest BCUT2D eigenvalue weighted by molar-refractivity contribution is 0.0951. The Balaban J connectivity index is 1.41. The molecule has 0 atom stereocenters. The van der Waals surface area contributed by atoms with Crippen LogP contribution >= 0.6 is 22.9 Å². The smallest absolute Gasteiger partial charge is 0.255 e. The van der Waals surface area contributed by atoms with Crippen LogP contribution in [0.25, 0.3) is 0 Å². The van der Waals surface area contributed by atoms with Crippen LogP contribution in [-0.4, -0.2) is 56.9 Å². The van der Waals surface area contributed by atoms with E-state index in [9.17, 15) is 13.2 Å². The van der Waals surface area contributed by atoms with E-state index in [1.807, 2.05) is 29.2 Å². The second-order valence-corrected chi connectivity index (χ2v) is 11.2. The van der Waals surface area contributed by atoms with Crippen LogP contribution in [0.1, 0.15) is 15.9 Å². The van der Waals surface area contributed by atoms with Gasteiger partial charge in [0, 0.05) is 38.9 Å². The predicted octanol–water partition coefficient (Wildman–Crippen LogP) is 3.25. The van der Waals surface area contributed by atoms with E-state index in [2.05, 4.69) is 10.3 Å². The van der Waals surface area contributed by atoms with Crippen molar-refractivity contribution in [1.82, 2.24) is 14.6 Å². The van der Waals surface area contributed by atoms with Crippen LogP contribution in [0.4, 0.5) is 5.82 Å². The van der Waals surface area contributed by atoms with Crippen molar-refractivity contribution >= 4 is 44.7 Å². The van der Waals surface area contributed by atoms with Gasteiger partial charge in [-0.05, 0) is 42.0 Å². The Morgan fingerprint density at radius 2 is 1.85 bits per heavy atom. The summed E-state index contributed by atoms with van der Waals surface area (Å²) in [4.78, 5) is 19.3. The third kappa shape index (κ3) is 5.30. The van der Waals surface area contributed by atoms with E-state index in [0.717, 1.165) is 22.6 Å². The third-order valence-corrected chi connectivity index (χ3v) is 8.92. The van der Waals surface area contributed by atoms with Gasteiger partial charge in [-0.3, -0.25) is 4.79 Å². The van der Waals surface area contributed by atoms with Gasteiger partial charge in [0.25, 0.3) is 15.9 Å². The highest BCUT2D eigenvalue weighted by Gasteiger charge is 2.31. The first-order valence-corrected chi connectivity index (χ1v) is 12.9. The van der Waals surface area contributed by atoms with Gasteiger partial charge in [-0.25, -0.2) is 13.4 Å². The molecule has 3 aromatic rings. The van der Waals surface area contributed by atoms with Crippen LogP contribution in [0.2, 0.25) is 4.34 Å². The topological polar surface area (TPSA) is 91.8 Å². The minimum atomic E-state index is -3.59. The average Bonchev–Trinajstić information content (AvgIpc) is 3.30. The standard InChI is InChI=1S/C22H23ClN4O4S2/c1-31-17-6-4-16(5-7-17)15-25-22(28)18-3-2-10-24-21(18)26-11-13-27(14-12-26)33(29,30)20-9-8-19(23)32-20/h2-10H,11-15H2,1H3,(H,25,28). The zero-order chi connectivity index (χ0) is 23.4. The van der Waals surface area contributed by atoms with E-state index in [0.29, 0.717) is 48.4 Å². The van der Waals surface area contributed by atoms with Gasteiger partial charge < -0.3 is 15.0 Å². The number of ether oxygens (including phenoxy) is 1. The number of benzene rings is 1. The van der Waals surface area contributed by atoms with E-state index in [-0.39, 0.29) is 10.1 Å². The Hall–Kier alpha value is -2.66. The molecule has 3 heterocycles. The maximum absolute atomic E-state index is 12.9. The number of nitrogens with one attached hydrogen (secondary N) is 1. The Bertz CT molecular complexity index is 1220. The number of pyridine rings is 1. The highest BCUT2D eigenvalue weighted by atomic mass is 35.5. The fourth-order valence-corrected chi connectivity index (χ4v) is 6.61. The van der Waals surface area contributed by atoms with Crippen LogP contribution in [0, 0.1) is 0 Å². The quantitative estimate of drug-likeness (QED) is 0.529. The summed E-state index contributed by atoms with van der Waals surface area (Å²) in [5, 5.41) is 2.93. The molecule has 2 aromatic heterocycles. The molecule has 0 spiro atoms. The Morgan fingerprint density at radius 3 is 2.48 bits per heavy atom. The Labute approximate surface area is 201 Å². The molecule has 174 valence electrons. The number of thiophene rings is 1. The van der Waals surface area contributed by atoms with Crippen molar-refractivity contribution in [2.75, 3.05) is 38.2 Å². The zero-order valence-corrected chi connectivity index (χ0v) is 20.3. The summed E-state index contributed by atoms with van der Waals surface area (Å²) in [5.74, 6) is 1.06. The highest BCUT2D eigenvalue weighted by molar-refractivity contribution is 7.91. The van der Waals surface area contributed by atoms with E-state index >= 15 is 0 Å². The van der Waals surface area contributed by atoms with Crippen LogP contribution in [-0.2, 0) is 16.6 Å². The lowest BCUT2D eigenvalue weighted by Crippen LogP contribution is -2.49.